The fourth-order valence-electron chi connectivity index (χ4n) is 4.54. The van der Waals surface area contributed by atoms with Crippen LogP contribution in [-0.2, 0) is 13.0 Å². The lowest BCUT2D eigenvalue weighted by Gasteiger charge is -2.32. The highest BCUT2D eigenvalue weighted by Crippen LogP contribution is 2.33. The average Bonchev–Trinajstić information content (AvgIpc) is 2.69. The second kappa shape index (κ2) is 8.38. The van der Waals surface area contributed by atoms with Crippen LogP contribution in [0.1, 0.15) is 65.1 Å². The van der Waals surface area contributed by atoms with Crippen molar-refractivity contribution in [3.8, 4) is 0 Å². The standard InChI is InChI=1S/C24H28FN3O3/c1-24(2)12-20-18(21(29)13-24)11-19(23(31)27-20)22(30)26-17-7-9-28(10-8-17)14-15-3-5-16(25)6-4-15/h3-6,11,17H,7-10,12-14H2,1-2H3,(H,26,30)(H,27,31). The maximum Gasteiger partial charge on any atom is 0.261 e. The van der Waals surface area contributed by atoms with Crippen LogP contribution in [0, 0.1) is 11.2 Å². The molecule has 7 heteroatoms. The number of rotatable bonds is 4. The lowest BCUT2D eigenvalue weighted by atomic mass is 9.75. The number of carbonyl (C=O) groups excluding carboxylic acids is 2. The van der Waals surface area contributed by atoms with E-state index < -0.39 is 11.5 Å². The summed E-state index contributed by atoms with van der Waals surface area (Å²) in [7, 11) is 0. The number of hydrogen-bond acceptors (Lipinski definition) is 4. The number of aromatic nitrogens is 1. The quantitative estimate of drug-likeness (QED) is 0.789. The third kappa shape index (κ3) is 4.93. The highest BCUT2D eigenvalue weighted by molar-refractivity contribution is 6.02. The summed E-state index contributed by atoms with van der Waals surface area (Å²) >= 11 is 0. The third-order valence-electron chi connectivity index (χ3n) is 6.20. The molecule has 0 bridgehead atoms. The van der Waals surface area contributed by atoms with E-state index >= 15 is 0 Å². The van der Waals surface area contributed by atoms with Gasteiger partial charge in [-0.05, 0) is 48.4 Å². The first-order valence-electron chi connectivity index (χ1n) is 10.8. The second-order valence-electron chi connectivity index (χ2n) is 9.50. The summed E-state index contributed by atoms with van der Waals surface area (Å²) in [5.41, 5.74) is 1.49. The van der Waals surface area contributed by atoms with Crippen molar-refractivity contribution in [3.05, 3.63) is 68.9 Å². The Kier molecular flexibility index (Phi) is 5.79. The maximum absolute atomic E-state index is 13.1. The van der Waals surface area contributed by atoms with Gasteiger partial charge in [0.15, 0.2) is 5.78 Å². The molecule has 2 N–H and O–H groups in total. The number of nitrogens with zero attached hydrogens (tertiary/aromatic N) is 1. The van der Waals surface area contributed by atoms with Crippen LogP contribution in [0.4, 0.5) is 4.39 Å². The van der Waals surface area contributed by atoms with Crippen LogP contribution in [0.25, 0.3) is 0 Å². The van der Waals surface area contributed by atoms with Crippen molar-refractivity contribution in [2.45, 2.75) is 52.1 Å². The number of benzene rings is 1. The smallest absolute Gasteiger partial charge is 0.261 e. The molecule has 0 atom stereocenters. The molecule has 4 rings (SSSR count). The van der Waals surface area contributed by atoms with Crippen molar-refractivity contribution in [3.63, 3.8) is 0 Å². The van der Waals surface area contributed by atoms with Gasteiger partial charge in [-0.15, -0.1) is 0 Å². The van der Waals surface area contributed by atoms with Gasteiger partial charge in [-0.25, -0.2) is 4.39 Å². The van der Waals surface area contributed by atoms with E-state index in [-0.39, 0.29) is 28.6 Å². The molecule has 164 valence electrons. The van der Waals surface area contributed by atoms with Crippen LogP contribution in [-0.4, -0.2) is 40.7 Å². The maximum atomic E-state index is 13.1. The summed E-state index contributed by atoms with van der Waals surface area (Å²) in [4.78, 5) is 42.8. The number of amides is 1. The predicted molar refractivity (Wildman–Crippen MR) is 116 cm³/mol. The average molecular weight is 426 g/mol. The van der Waals surface area contributed by atoms with Gasteiger partial charge in [0.2, 0.25) is 0 Å². The molecule has 2 heterocycles. The lowest BCUT2D eigenvalue weighted by molar-refractivity contribution is 0.0906. The number of carbonyl (C=O) groups is 2. The molecule has 0 saturated carbocycles. The van der Waals surface area contributed by atoms with Gasteiger partial charge < -0.3 is 10.3 Å². The van der Waals surface area contributed by atoms with Crippen LogP contribution < -0.4 is 10.9 Å². The number of Topliss-reactive ketones (excluding diaryl/α,β-unsaturated/α-hetero) is 1. The summed E-state index contributed by atoms with van der Waals surface area (Å²) in [6.45, 7) is 6.33. The molecule has 0 spiro atoms. The van der Waals surface area contributed by atoms with Gasteiger partial charge in [-0.2, -0.15) is 0 Å². The predicted octanol–water partition coefficient (Wildman–Crippen LogP) is 3.06. The van der Waals surface area contributed by atoms with Crippen LogP contribution in [0.3, 0.4) is 0 Å². The topological polar surface area (TPSA) is 82.3 Å². The van der Waals surface area contributed by atoms with Gasteiger partial charge in [0.05, 0.1) is 0 Å². The Balaban J connectivity index is 1.37. The minimum absolute atomic E-state index is 0.000507. The fraction of sp³-hybridized carbons (Fsp3) is 0.458. The molecule has 1 aliphatic heterocycles. The number of halogens is 1. The molecule has 0 radical (unpaired) electrons. The molecule has 31 heavy (non-hydrogen) atoms. The van der Waals surface area contributed by atoms with E-state index in [9.17, 15) is 18.8 Å². The second-order valence-corrected chi connectivity index (χ2v) is 9.50. The van der Waals surface area contributed by atoms with E-state index in [0.29, 0.717) is 24.1 Å². The van der Waals surface area contributed by atoms with Crippen molar-refractivity contribution in [2.24, 2.45) is 5.41 Å². The van der Waals surface area contributed by atoms with Gasteiger partial charge >= 0.3 is 0 Å². The summed E-state index contributed by atoms with van der Waals surface area (Å²) < 4.78 is 13.1. The van der Waals surface area contributed by atoms with Gasteiger partial charge in [-0.1, -0.05) is 26.0 Å². The minimum Gasteiger partial charge on any atom is -0.349 e. The number of ketones is 1. The Hall–Kier alpha value is -2.80. The number of likely N-dealkylation sites (tertiary alicyclic amines) is 1. The largest absolute Gasteiger partial charge is 0.349 e. The first kappa shape index (κ1) is 21.4. The Morgan fingerprint density at radius 1 is 1.16 bits per heavy atom. The molecule has 2 aromatic rings. The number of pyridine rings is 1. The Bertz CT molecular complexity index is 1050. The summed E-state index contributed by atoms with van der Waals surface area (Å²) in [5, 5.41) is 2.96. The third-order valence-corrected chi connectivity index (χ3v) is 6.20. The molecule has 1 aliphatic carbocycles. The van der Waals surface area contributed by atoms with E-state index in [0.717, 1.165) is 38.0 Å². The summed E-state index contributed by atoms with van der Waals surface area (Å²) in [6, 6.07) is 7.93. The van der Waals surface area contributed by atoms with Crippen LogP contribution in [0.15, 0.2) is 35.1 Å². The molecular formula is C24H28FN3O3. The van der Waals surface area contributed by atoms with E-state index in [4.69, 9.17) is 0 Å². The van der Waals surface area contributed by atoms with Gasteiger partial charge in [0.1, 0.15) is 11.4 Å². The molecule has 0 unspecified atom stereocenters. The molecule has 1 amide bonds. The fourth-order valence-corrected chi connectivity index (χ4v) is 4.54. The summed E-state index contributed by atoms with van der Waals surface area (Å²) in [5.74, 6) is -0.711. The molecule has 1 fully saturated rings. The highest BCUT2D eigenvalue weighted by atomic mass is 19.1. The number of piperidine rings is 1. The van der Waals surface area contributed by atoms with E-state index in [1.807, 2.05) is 13.8 Å². The number of fused-ring (bicyclic) bond motifs is 1. The van der Waals surface area contributed by atoms with Crippen molar-refractivity contribution < 1.29 is 14.0 Å². The van der Waals surface area contributed by atoms with Crippen LogP contribution in [0.5, 0.6) is 0 Å². The monoisotopic (exact) mass is 425 g/mol. The Morgan fingerprint density at radius 3 is 2.52 bits per heavy atom. The normalized spacial score (nSPS) is 19.1. The van der Waals surface area contributed by atoms with Gasteiger partial charge in [0, 0.05) is 43.4 Å². The SMILES string of the molecule is CC1(C)CC(=O)c2cc(C(=O)NC3CCN(Cc4ccc(F)cc4)CC3)c(=O)[nH]c2C1. The zero-order valence-corrected chi connectivity index (χ0v) is 18.0. The molecule has 1 saturated heterocycles. The number of nitrogens with one attached hydrogen (secondary N) is 2. The van der Waals surface area contributed by atoms with Gasteiger partial charge in [0.25, 0.3) is 11.5 Å². The van der Waals surface area contributed by atoms with Crippen molar-refractivity contribution in [1.29, 1.82) is 0 Å². The van der Waals surface area contributed by atoms with Crippen molar-refractivity contribution in [2.75, 3.05) is 13.1 Å². The molecule has 1 aromatic carbocycles. The van der Waals surface area contributed by atoms with Crippen LogP contribution in [0.2, 0.25) is 0 Å². The van der Waals surface area contributed by atoms with Crippen LogP contribution >= 0.6 is 0 Å². The van der Waals surface area contributed by atoms with E-state index in [1.54, 1.807) is 12.1 Å². The number of aromatic amines is 1. The van der Waals surface area contributed by atoms with Crippen molar-refractivity contribution >= 4 is 11.7 Å². The zero-order valence-electron chi connectivity index (χ0n) is 18.0. The Morgan fingerprint density at radius 2 is 1.84 bits per heavy atom. The minimum atomic E-state index is -0.449. The van der Waals surface area contributed by atoms with E-state index in [1.165, 1.54) is 18.2 Å². The molecule has 6 nitrogen and oxygen atoms in total. The molecular weight excluding hydrogens is 397 g/mol. The lowest BCUT2D eigenvalue weighted by Crippen LogP contribution is -2.45. The van der Waals surface area contributed by atoms with Crippen molar-refractivity contribution in [1.82, 2.24) is 15.2 Å². The molecule has 2 aliphatic rings. The van der Waals surface area contributed by atoms with E-state index in [2.05, 4.69) is 15.2 Å². The van der Waals surface area contributed by atoms with Gasteiger partial charge in [-0.3, -0.25) is 19.3 Å². The number of hydrogen-bond donors (Lipinski definition) is 2. The zero-order chi connectivity index (χ0) is 22.2. The first-order valence-corrected chi connectivity index (χ1v) is 10.8. The Labute approximate surface area is 180 Å². The highest BCUT2D eigenvalue weighted by Gasteiger charge is 2.33. The molecule has 1 aromatic heterocycles. The summed E-state index contributed by atoms with van der Waals surface area (Å²) in [6.07, 6.45) is 2.54. The first-order chi connectivity index (χ1) is 14.7. The number of H-pyrrole nitrogens is 1.